The van der Waals surface area contributed by atoms with Crippen molar-refractivity contribution in [1.82, 2.24) is 0 Å². The molecule has 0 radical (unpaired) electrons. The van der Waals surface area contributed by atoms with E-state index in [-0.39, 0.29) is 0 Å². The third kappa shape index (κ3) is 6.82. The molecule has 0 saturated heterocycles. The van der Waals surface area contributed by atoms with Crippen molar-refractivity contribution >= 4 is 33.5 Å². The molecule has 1 nitrogen and oxygen atoms in total. The second-order valence-electron chi connectivity index (χ2n) is 1.95. The summed E-state index contributed by atoms with van der Waals surface area (Å²) in [6, 6.07) is 0. The molecule has 0 unspecified atom stereocenters. The molecular weight excluding hydrogens is 258 g/mol. The molecule has 0 heterocycles. The second kappa shape index (κ2) is 7.81. The number of rotatable bonds is 6. The molecule has 3 heteroatoms. The van der Waals surface area contributed by atoms with Crippen molar-refractivity contribution in [2.45, 2.75) is 37.3 Å². The van der Waals surface area contributed by atoms with Crippen LogP contribution in [0.15, 0.2) is 0 Å². The van der Waals surface area contributed by atoms with E-state index in [1.54, 1.807) is 0 Å². The van der Waals surface area contributed by atoms with E-state index in [2.05, 4.69) is 13.8 Å². The number of hydrogen-bond donors (Lipinski definition) is 0. The van der Waals surface area contributed by atoms with Crippen LogP contribution < -0.4 is 0 Å². The van der Waals surface area contributed by atoms with Gasteiger partial charge in [-0.1, -0.05) is 0 Å². The van der Waals surface area contributed by atoms with Crippen molar-refractivity contribution in [3.63, 3.8) is 0 Å². The summed E-state index contributed by atoms with van der Waals surface area (Å²) in [6.07, 6.45) is 2.35. The first-order valence-electron chi connectivity index (χ1n) is 3.60. The summed E-state index contributed by atoms with van der Waals surface area (Å²) in [5, 5.41) is 2.30. The third-order valence-corrected chi connectivity index (χ3v) is 6.98. The molecule has 60 valence electrons. The predicted molar refractivity (Wildman–Crippen MR) is 47.1 cm³/mol. The van der Waals surface area contributed by atoms with Gasteiger partial charge in [-0.05, 0) is 0 Å². The summed E-state index contributed by atoms with van der Waals surface area (Å²) in [6.45, 7) is 4.28. The maximum absolute atomic E-state index is 11.0. The molecule has 0 aromatic rings. The number of carbonyl (C=O) groups excluding carboxylic acids is 1. The molecular formula is C7H14OSe2. The van der Waals surface area contributed by atoms with Crippen LogP contribution in [0.25, 0.3) is 0 Å². The zero-order chi connectivity index (χ0) is 7.82. The van der Waals surface area contributed by atoms with Gasteiger partial charge in [-0.25, -0.2) is 0 Å². The topological polar surface area (TPSA) is 17.1 Å². The van der Waals surface area contributed by atoms with Crippen molar-refractivity contribution in [3.8, 4) is 0 Å². The fourth-order valence-corrected chi connectivity index (χ4v) is 4.87. The monoisotopic (exact) mass is 274 g/mol. The summed E-state index contributed by atoms with van der Waals surface area (Å²) < 4.78 is 0.573. The van der Waals surface area contributed by atoms with E-state index in [9.17, 15) is 4.79 Å². The molecule has 10 heavy (non-hydrogen) atoms. The predicted octanol–water partition coefficient (Wildman–Crippen LogP) is 2.17. The van der Waals surface area contributed by atoms with Crippen LogP contribution in [0.2, 0.25) is 10.6 Å². The van der Waals surface area contributed by atoms with Gasteiger partial charge in [0.15, 0.2) is 0 Å². The molecule has 0 spiro atoms. The van der Waals surface area contributed by atoms with E-state index >= 15 is 0 Å². The van der Waals surface area contributed by atoms with Crippen LogP contribution in [-0.2, 0) is 0 Å². The van der Waals surface area contributed by atoms with Crippen molar-refractivity contribution in [3.05, 3.63) is 0 Å². The zero-order valence-corrected chi connectivity index (χ0v) is 9.98. The zero-order valence-electron chi connectivity index (χ0n) is 6.55. The summed E-state index contributed by atoms with van der Waals surface area (Å²) in [5.41, 5.74) is 0. The first-order chi connectivity index (χ1) is 4.81. The van der Waals surface area contributed by atoms with Gasteiger partial charge in [0.1, 0.15) is 0 Å². The van der Waals surface area contributed by atoms with Gasteiger partial charge in [0.25, 0.3) is 0 Å². The van der Waals surface area contributed by atoms with Crippen molar-refractivity contribution in [2.75, 3.05) is 0 Å². The molecule has 0 rings (SSSR count). The number of hydrogen-bond acceptors (Lipinski definition) is 1. The van der Waals surface area contributed by atoms with Gasteiger partial charge >= 0.3 is 75.6 Å². The summed E-state index contributed by atoms with van der Waals surface area (Å²) in [5.74, 6) is 0. The Morgan fingerprint density at radius 3 is 1.80 bits per heavy atom. The molecule has 0 aliphatic heterocycles. The Hall–Kier alpha value is 0.709. The summed E-state index contributed by atoms with van der Waals surface area (Å²) in [4.78, 5) is 11.0. The normalized spacial score (nSPS) is 9.80. The van der Waals surface area contributed by atoms with Gasteiger partial charge in [0, 0.05) is 0 Å². The Morgan fingerprint density at radius 2 is 1.50 bits per heavy atom. The van der Waals surface area contributed by atoms with Gasteiger partial charge in [-0.2, -0.15) is 0 Å². The van der Waals surface area contributed by atoms with Crippen molar-refractivity contribution in [1.29, 1.82) is 0 Å². The Labute approximate surface area is 75.7 Å². The van der Waals surface area contributed by atoms with Crippen LogP contribution in [0.3, 0.4) is 0 Å². The van der Waals surface area contributed by atoms with Gasteiger partial charge in [-0.15, -0.1) is 0 Å². The third-order valence-electron chi connectivity index (χ3n) is 0.848. The first-order valence-corrected chi connectivity index (χ1v) is 7.74. The van der Waals surface area contributed by atoms with Crippen LogP contribution in [0.4, 0.5) is 4.79 Å². The molecule has 0 N–H and O–H groups in total. The molecule has 0 saturated carbocycles. The molecule has 0 bridgehead atoms. The molecule has 0 aromatic carbocycles. The molecule has 0 atom stereocenters. The minimum atomic E-state index is 0.323. The quantitative estimate of drug-likeness (QED) is 0.677. The standard InChI is InChI=1S/C7H14OSe2/c1-3-5-9-7(8)10-6-4-2/h3-6H2,1-2H3. The fourth-order valence-electron chi connectivity index (χ4n) is 0.412. The minimum absolute atomic E-state index is 0.323. The SMILES string of the molecule is CCC[Se]C(=O)[Se]CCC. The van der Waals surface area contributed by atoms with Crippen LogP contribution in [0.5, 0.6) is 0 Å². The average Bonchev–Trinajstić information content (AvgIpc) is 1.97. The van der Waals surface area contributed by atoms with Crippen molar-refractivity contribution in [2.24, 2.45) is 0 Å². The van der Waals surface area contributed by atoms with Crippen LogP contribution >= 0.6 is 0 Å². The maximum atomic E-state index is 11.0. The number of carbonyl (C=O) groups is 1. The van der Waals surface area contributed by atoms with Crippen LogP contribution in [0.1, 0.15) is 26.7 Å². The van der Waals surface area contributed by atoms with E-state index in [0.29, 0.717) is 33.5 Å². The molecule has 0 fully saturated rings. The van der Waals surface area contributed by atoms with E-state index in [4.69, 9.17) is 0 Å². The van der Waals surface area contributed by atoms with Crippen LogP contribution in [-0.4, -0.2) is 33.5 Å². The van der Waals surface area contributed by atoms with Gasteiger partial charge < -0.3 is 0 Å². The molecule has 0 aromatic heterocycles. The molecule has 0 amide bonds. The van der Waals surface area contributed by atoms with Crippen molar-refractivity contribution < 1.29 is 4.79 Å². The second-order valence-corrected chi connectivity index (χ2v) is 7.74. The average molecular weight is 272 g/mol. The molecule has 0 aliphatic carbocycles. The van der Waals surface area contributed by atoms with Gasteiger partial charge in [0.05, 0.1) is 0 Å². The Kier molecular flexibility index (Phi) is 8.37. The molecule has 0 aliphatic rings. The Bertz CT molecular complexity index is 83.6. The van der Waals surface area contributed by atoms with Gasteiger partial charge in [0.2, 0.25) is 0 Å². The van der Waals surface area contributed by atoms with E-state index in [1.807, 2.05) is 0 Å². The van der Waals surface area contributed by atoms with E-state index in [0.717, 1.165) is 10.6 Å². The fraction of sp³-hybridized carbons (Fsp3) is 0.857. The van der Waals surface area contributed by atoms with Gasteiger partial charge in [-0.3, -0.25) is 0 Å². The summed E-state index contributed by atoms with van der Waals surface area (Å²) in [7, 11) is 0. The Morgan fingerprint density at radius 1 is 1.10 bits per heavy atom. The van der Waals surface area contributed by atoms with E-state index < -0.39 is 0 Å². The first kappa shape index (κ1) is 10.7. The van der Waals surface area contributed by atoms with E-state index in [1.165, 1.54) is 12.8 Å². The van der Waals surface area contributed by atoms with Crippen LogP contribution in [0, 0.1) is 0 Å². The Balaban J connectivity index is 3.09. The summed E-state index contributed by atoms with van der Waals surface area (Å²) >= 11 is 0.647.